The van der Waals surface area contributed by atoms with Gasteiger partial charge in [-0.3, -0.25) is 4.79 Å². The lowest BCUT2D eigenvalue weighted by Gasteiger charge is -2.28. The Labute approximate surface area is 230 Å². The van der Waals surface area contributed by atoms with Gasteiger partial charge in [-0.15, -0.1) is 0 Å². The summed E-state index contributed by atoms with van der Waals surface area (Å²) in [5, 5.41) is 11.5. The lowest BCUT2D eigenvalue weighted by molar-refractivity contribution is -0.215. The van der Waals surface area contributed by atoms with Crippen molar-refractivity contribution in [3.05, 3.63) is 53.6 Å². The largest absolute Gasteiger partial charge is 0.491 e. The van der Waals surface area contributed by atoms with Crippen molar-refractivity contribution < 1.29 is 50.1 Å². The molecule has 41 heavy (non-hydrogen) atoms. The predicted octanol–water partition coefficient (Wildman–Crippen LogP) is 5.20. The lowest BCUT2D eigenvalue weighted by atomic mass is 9.88. The topological polar surface area (TPSA) is 127 Å². The SMILES string of the molecule is CC(C)(C)C(OC(N)=O)C(=O)Nc1ccc(OC[C@@H]2CN(c3ccc(C#N)c(C(F)(F)F)c3)[C@@H](C(F)(F)F)O2)cc1. The highest BCUT2D eigenvalue weighted by molar-refractivity contribution is 5.95. The van der Waals surface area contributed by atoms with Gasteiger partial charge in [0.25, 0.3) is 5.91 Å². The van der Waals surface area contributed by atoms with Gasteiger partial charge in [0, 0.05) is 16.8 Å². The Morgan fingerprint density at radius 2 is 1.76 bits per heavy atom. The van der Waals surface area contributed by atoms with Gasteiger partial charge >= 0.3 is 18.4 Å². The molecule has 3 rings (SSSR count). The third kappa shape index (κ3) is 7.94. The van der Waals surface area contributed by atoms with Crippen LogP contribution in [0.3, 0.4) is 0 Å². The second-order valence-corrected chi connectivity index (χ2v) is 10.2. The van der Waals surface area contributed by atoms with Gasteiger partial charge in [0.05, 0.1) is 23.7 Å². The van der Waals surface area contributed by atoms with E-state index in [9.17, 15) is 35.9 Å². The molecule has 1 fully saturated rings. The van der Waals surface area contributed by atoms with Crippen LogP contribution < -0.4 is 20.7 Å². The first kappa shape index (κ1) is 31.3. The second kappa shape index (κ2) is 11.7. The van der Waals surface area contributed by atoms with E-state index >= 15 is 0 Å². The second-order valence-electron chi connectivity index (χ2n) is 10.2. The number of carbonyl (C=O) groups is 2. The number of nitriles is 1. The fourth-order valence-electron chi connectivity index (χ4n) is 4.01. The van der Waals surface area contributed by atoms with Crippen molar-refractivity contribution in [3.8, 4) is 11.8 Å². The van der Waals surface area contributed by atoms with Crippen molar-refractivity contribution >= 4 is 23.4 Å². The third-order valence-corrected chi connectivity index (χ3v) is 5.86. The standard InChI is InChI=1S/C26H26F6N4O5/c1-24(2,3)20(41-23(34)38)21(37)35-15-5-8-17(9-6-15)39-13-18-12-36(22(40-18)26(30,31)32)16-7-4-14(11-33)19(10-16)25(27,28)29/h4-10,18,20,22H,12-13H2,1-3H3,(H2,34,38)(H,35,37)/t18-,20?,22+/m0/s1. The van der Waals surface area contributed by atoms with E-state index in [0.29, 0.717) is 16.7 Å². The lowest BCUT2D eigenvalue weighted by Crippen LogP contribution is -2.43. The van der Waals surface area contributed by atoms with E-state index in [0.717, 1.165) is 12.1 Å². The Balaban J connectivity index is 1.69. The molecule has 1 aliphatic heterocycles. The molecule has 3 atom stereocenters. The molecule has 9 nitrogen and oxygen atoms in total. The Morgan fingerprint density at radius 3 is 2.27 bits per heavy atom. The summed E-state index contributed by atoms with van der Waals surface area (Å²) < 4.78 is 96.8. The number of ether oxygens (including phenoxy) is 3. The number of carbonyl (C=O) groups excluding carboxylic acids is 2. The Bertz CT molecular complexity index is 1300. The molecule has 0 aromatic heterocycles. The van der Waals surface area contributed by atoms with Gasteiger partial charge in [-0.1, -0.05) is 20.8 Å². The summed E-state index contributed by atoms with van der Waals surface area (Å²) in [6.07, 6.45) is -15.9. The quantitative estimate of drug-likeness (QED) is 0.426. The van der Waals surface area contributed by atoms with Crippen molar-refractivity contribution in [1.29, 1.82) is 5.26 Å². The molecule has 222 valence electrons. The van der Waals surface area contributed by atoms with Gasteiger partial charge < -0.3 is 30.2 Å². The molecule has 0 spiro atoms. The number of hydrogen-bond acceptors (Lipinski definition) is 7. The van der Waals surface area contributed by atoms with Gasteiger partial charge in [-0.25, -0.2) is 4.79 Å². The molecule has 0 aliphatic carbocycles. The number of rotatable bonds is 7. The highest BCUT2D eigenvalue weighted by Gasteiger charge is 2.51. The zero-order valence-corrected chi connectivity index (χ0v) is 22.0. The number of anilines is 2. The van der Waals surface area contributed by atoms with Gasteiger partial charge in [0.1, 0.15) is 18.5 Å². The zero-order valence-electron chi connectivity index (χ0n) is 22.0. The Hall–Kier alpha value is -4.19. The molecule has 2 amide bonds. The van der Waals surface area contributed by atoms with E-state index < -0.39 is 71.6 Å². The number of nitrogens with two attached hydrogens (primary N) is 1. The molecule has 1 saturated heterocycles. The number of amides is 2. The number of nitrogens with zero attached hydrogens (tertiary/aromatic N) is 2. The van der Waals surface area contributed by atoms with E-state index in [1.807, 2.05) is 0 Å². The van der Waals surface area contributed by atoms with E-state index in [1.54, 1.807) is 20.8 Å². The molecule has 0 radical (unpaired) electrons. The van der Waals surface area contributed by atoms with Crippen molar-refractivity contribution in [2.75, 3.05) is 23.4 Å². The summed E-state index contributed by atoms with van der Waals surface area (Å²) >= 11 is 0. The monoisotopic (exact) mass is 588 g/mol. The number of hydrogen-bond donors (Lipinski definition) is 2. The molecule has 3 N–H and O–H groups in total. The molecule has 1 aliphatic rings. The molecule has 0 bridgehead atoms. The average molecular weight is 589 g/mol. The fraction of sp³-hybridized carbons (Fsp3) is 0.423. The summed E-state index contributed by atoms with van der Waals surface area (Å²) in [5.74, 6) is -0.439. The van der Waals surface area contributed by atoms with Crippen LogP contribution in [0, 0.1) is 16.7 Å². The highest BCUT2D eigenvalue weighted by atomic mass is 19.4. The molecule has 2 aromatic carbocycles. The van der Waals surface area contributed by atoms with Crippen molar-refractivity contribution in [1.82, 2.24) is 0 Å². The summed E-state index contributed by atoms with van der Waals surface area (Å²) in [6, 6.07) is 9.37. The van der Waals surface area contributed by atoms with E-state index in [4.69, 9.17) is 25.2 Å². The number of nitrogens with one attached hydrogen (secondary N) is 1. The molecular formula is C26H26F6N4O5. The molecule has 1 unspecified atom stereocenters. The zero-order chi connectivity index (χ0) is 30.8. The molecule has 0 saturated carbocycles. The van der Waals surface area contributed by atoms with E-state index in [2.05, 4.69) is 5.32 Å². The number of halogens is 6. The highest BCUT2D eigenvalue weighted by Crippen LogP contribution is 2.39. The number of alkyl halides is 6. The predicted molar refractivity (Wildman–Crippen MR) is 133 cm³/mol. The van der Waals surface area contributed by atoms with Crippen molar-refractivity contribution in [3.63, 3.8) is 0 Å². The molecule has 1 heterocycles. The first-order chi connectivity index (χ1) is 18.9. The normalized spacial score (nSPS) is 18.4. The minimum Gasteiger partial charge on any atom is -0.491 e. The maximum Gasteiger partial charge on any atom is 0.433 e. The van der Waals surface area contributed by atoms with Crippen molar-refractivity contribution in [2.45, 2.75) is 51.6 Å². The van der Waals surface area contributed by atoms with E-state index in [1.165, 1.54) is 30.3 Å². The van der Waals surface area contributed by atoms with Crippen LogP contribution in [0.4, 0.5) is 42.5 Å². The summed E-state index contributed by atoms with van der Waals surface area (Å²) in [4.78, 5) is 24.4. The molecular weight excluding hydrogens is 562 g/mol. The maximum absolute atomic E-state index is 13.7. The van der Waals surface area contributed by atoms with Crippen LogP contribution in [-0.2, 0) is 20.4 Å². The Morgan fingerprint density at radius 1 is 1.12 bits per heavy atom. The summed E-state index contributed by atoms with van der Waals surface area (Å²) in [7, 11) is 0. The fourth-order valence-corrected chi connectivity index (χ4v) is 4.01. The van der Waals surface area contributed by atoms with Crippen LogP contribution in [0.5, 0.6) is 5.75 Å². The van der Waals surface area contributed by atoms with Crippen LogP contribution in [-0.4, -0.2) is 49.8 Å². The van der Waals surface area contributed by atoms with Crippen molar-refractivity contribution in [2.24, 2.45) is 11.1 Å². The molecule has 2 aromatic rings. The third-order valence-electron chi connectivity index (χ3n) is 5.86. The minimum atomic E-state index is -4.95. The van der Waals surface area contributed by atoms with Crippen LogP contribution in [0.1, 0.15) is 31.9 Å². The summed E-state index contributed by atoms with van der Waals surface area (Å²) in [5.41, 5.74) is 2.07. The van der Waals surface area contributed by atoms with Gasteiger partial charge in [0.15, 0.2) is 6.10 Å². The van der Waals surface area contributed by atoms with Crippen LogP contribution in [0.15, 0.2) is 42.5 Å². The Kier molecular flexibility index (Phi) is 8.97. The van der Waals surface area contributed by atoms with Gasteiger partial charge in [0.2, 0.25) is 6.23 Å². The van der Waals surface area contributed by atoms with Gasteiger partial charge in [-0.2, -0.15) is 31.6 Å². The number of benzene rings is 2. The minimum absolute atomic E-state index is 0.201. The number of primary amides is 1. The smallest absolute Gasteiger partial charge is 0.433 e. The average Bonchev–Trinajstić information content (AvgIpc) is 3.30. The van der Waals surface area contributed by atoms with Crippen LogP contribution in [0.2, 0.25) is 0 Å². The first-order valence-corrected chi connectivity index (χ1v) is 12.0. The van der Waals surface area contributed by atoms with Crippen LogP contribution in [0.25, 0.3) is 0 Å². The molecule has 15 heteroatoms. The summed E-state index contributed by atoms with van der Waals surface area (Å²) in [6.45, 7) is 4.18. The van der Waals surface area contributed by atoms with Crippen LogP contribution >= 0.6 is 0 Å². The van der Waals surface area contributed by atoms with Gasteiger partial charge in [-0.05, 0) is 42.5 Å². The maximum atomic E-state index is 13.7. The van der Waals surface area contributed by atoms with E-state index in [-0.39, 0.29) is 12.4 Å². The first-order valence-electron chi connectivity index (χ1n) is 12.0.